The van der Waals surface area contributed by atoms with Crippen LogP contribution in [0.3, 0.4) is 0 Å². The number of hydrogen-bond acceptors (Lipinski definition) is 6. The lowest BCUT2D eigenvalue weighted by molar-refractivity contribution is -0.137. The van der Waals surface area contributed by atoms with Crippen LogP contribution in [0.2, 0.25) is 0 Å². The molecule has 3 amide bonds. The highest BCUT2D eigenvalue weighted by atomic mass is 16.5. The summed E-state index contributed by atoms with van der Waals surface area (Å²) in [5, 5.41) is 2.75. The van der Waals surface area contributed by atoms with E-state index in [0.717, 1.165) is 77.3 Å². The summed E-state index contributed by atoms with van der Waals surface area (Å²) in [6.07, 6.45) is 7.53. The maximum atomic E-state index is 14.1. The van der Waals surface area contributed by atoms with Gasteiger partial charge in [-0.15, -0.1) is 0 Å². The summed E-state index contributed by atoms with van der Waals surface area (Å²) in [6, 6.07) is 23.5. The van der Waals surface area contributed by atoms with Crippen LogP contribution in [-0.2, 0) is 14.3 Å². The molecule has 3 aromatic carbocycles. The van der Waals surface area contributed by atoms with E-state index in [-0.39, 0.29) is 52.5 Å². The van der Waals surface area contributed by atoms with Crippen molar-refractivity contribution in [2.45, 2.75) is 90.3 Å². The lowest BCUT2D eigenvalue weighted by Gasteiger charge is -2.30. The molecule has 0 radical (unpaired) electrons. The van der Waals surface area contributed by atoms with Gasteiger partial charge >= 0.3 is 6.09 Å². The Morgan fingerprint density at radius 1 is 0.797 bits per heavy atom. The fraction of sp³-hybridized carbons (Fsp3) is 0.438. The minimum absolute atomic E-state index is 0.0659. The van der Waals surface area contributed by atoms with Crippen LogP contribution in [0.4, 0.5) is 4.79 Å². The number of benzene rings is 3. The SMILES string of the molecule is COC(=O)N[C@H](C(=O)N1CC2(CC2)C[C@H]1c1ncc(-c2ccc(C#Cc3ccc4nc([C@@H]5CC6(CC6)CN5C(=O)[C@H](C)C(C)c5ccccc5)[nH]c4c3)cc2)[nH]1)C(C)C. The number of alkyl carbamates (subject to hydrolysis) is 1. The maximum Gasteiger partial charge on any atom is 0.407 e. The molecule has 2 aromatic heterocycles. The molecule has 5 aromatic rings. The zero-order valence-corrected chi connectivity index (χ0v) is 34.5. The van der Waals surface area contributed by atoms with E-state index in [1.54, 1.807) is 0 Å². The maximum absolute atomic E-state index is 14.1. The number of rotatable bonds is 9. The van der Waals surface area contributed by atoms with Gasteiger partial charge in [-0.1, -0.05) is 82.0 Å². The van der Waals surface area contributed by atoms with Crippen LogP contribution in [-0.4, -0.2) is 73.9 Å². The van der Waals surface area contributed by atoms with Crippen molar-refractivity contribution in [3.8, 4) is 23.1 Å². The predicted molar refractivity (Wildman–Crippen MR) is 226 cm³/mol. The smallest absolute Gasteiger partial charge is 0.407 e. The van der Waals surface area contributed by atoms with Gasteiger partial charge in [-0.05, 0) is 103 Å². The van der Waals surface area contributed by atoms with Crippen molar-refractivity contribution in [2.24, 2.45) is 22.7 Å². The van der Waals surface area contributed by atoms with E-state index >= 15 is 0 Å². The number of aromatic amines is 2. The van der Waals surface area contributed by atoms with Gasteiger partial charge in [0.25, 0.3) is 0 Å². The van der Waals surface area contributed by atoms with Crippen molar-refractivity contribution >= 4 is 28.9 Å². The van der Waals surface area contributed by atoms with E-state index in [1.807, 2.05) is 85.6 Å². The summed E-state index contributed by atoms with van der Waals surface area (Å²) in [4.78, 5) is 60.9. The molecule has 9 rings (SSSR count). The van der Waals surface area contributed by atoms with Gasteiger partial charge in [-0.3, -0.25) is 9.59 Å². The molecule has 2 saturated carbocycles. The monoisotopic (exact) mass is 791 g/mol. The Bertz CT molecular complexity index is 2450. The van der Waals surface area contributed by atoms with Crippen molar-refractivity contribution < 1.29 is 19.1 Å². The second-order valence-electron chi connectivity index (χ2n) is 18.1. The Morgan fingerprint density at radius 2 is 1.42 bits per heavy atom. The van der Waals surface area contributed by atoms with E-state index in [0.29, 0.717) is 6.54 Å². The Kier molecular flexibility index (Phi) is 9.85. The van der Waals surface area contributed by atoms with Crippen molar-refractivity contribution in [3.05, 3.63) is 107 Å². The number of methoxy groups -OCH3 is 1. The molecule has 4 fully saturated rings. The summed E-state index contributed by atoms with van der Waals surface area (Å²) in [7, 11) is 1.31. The highest BCUT2D eigenvalue weighted by Gasteiger charge is 2.56. The molecular weight excluding hydrogens is 739 g/mol. The van der Waals surface area contributed by atoms with E-state index in [1.165, 1.54) is 25.5 Å². The first kappa shape index (κ1) is 38.6. The molecule has 59 heavy (non-hydrogen) atoms. The van der Waals surface area contributed by atoms with Gasteiger partial charge in [0.15, 0.2) is 0 Å². The fourth-order valence-electron chi connectivity index (χ4n) is 9.34. The third-order valence-electron chi connectivity index (χ3n) is 13.6. The molecule has 2 spiro atoms. The van der Waals surface area contributed by atoms with Crippen LogP contribution in [0.5, 0.6) is 0 Å². The third kappa shape index (κ3) is 7.61. The van der Waals surface area contributed by atoms with Gasteiger partial charge in [-0.25, -0.2) is 14.8 Å². The zero-order chi connectivity index (χ0) is 41.1. The molecule has 1 unspecified atom stereocenters. The molecule has 11 heteroatoms. The van der Waals surface area contributed by atoms with Gasteiger partial charge in [-0.2, -0.15) is 0 Å². The minimum Gasteiger partial charge on any atom is -0.453 e. The van der Waals surface area contributed by atoms with Gasteiger partial charge in [0.1, 0.15) is 17.7 Å². The lowest BCUT2D eigenvalue weighted by atomic mass is 9.88. The second-order valence-corrected chi connectivity index (χ2v) is 18.1. The van der Waals surface area contributed by atoms with Crippen LogP contribution in [0.15, 0.2) is 79.0 Å². The van der Waals surface area contributed by atoms with Gasteiger partial charge in [0.2, 0.25) is 11.8 Å². The number of fused-ring (bicyclic) bond motifs is 1. The molecule has 5 atom stereocenters. The number of ether oxygens (including phenoxy) is 1. The molecule has 2 aliphatic carbocycles. The topological polar surface area (TPSA) is 136 Å². The average Bonchev–Trinajstić information content (AvgIpc) is 3.87. The van der Waals surface area contributed by atoms with E-state index in [9.17, 15) is 14.4 Å². The van der Waals surface area contributed by atoms with Crippen molar-refractivity contribution in [3.63, 3.8) is 0 Å². The highest BCUT2D eigenvalue weighted by molar-refractivity contribution is 5.87. The number of aromatic nitrogens is 4. The highest BCUT2D eigenvalue weighted by Crippen LogP contribution is 2.59. The summed E-state index contributed by atoms with van der Waals surface area (Å²) in [6.45, 7) is 9.53. The van der Waals surface area contributed by atoms with E-state index < -0.39 is 12.1 Å². The van der Waals surface area contributed by atoms with E-state index in [2.05, 4.69) is 58.0 Å². The number of carbonyl (C=O) groups excluding carboxylic acids is 3. The van der Waals surface area contributed by atoms with Gasteiger partial charge in [0.05, 0.1) is 42.1 Å². The Balaban J connectivity index is 0.882. The van der Waals surface area contributed by atoms with Crippen molar-refractivity contribution in [1.29, 1.82) is 0 Å². The summed E-state index contributed by atoms with van der Waals surface area (Å²) in [5.74, 6) is 8.24. The van der Waals surface area contributed by atoms with Crippen LogP contribution < -0.4 is 5.32 Å². The number of carbonyl (C=O) groups is 3. The first-order chi connectivity index (χ1) is 28.4. The van der Waals surface area contributed by atoms with E-state index in [4.69, 9.17) is 14.7 Å². The number of imidazole rings is 2. The summed E-state index contributed by atoms with van der Waals surface area (Å²) >= 11 is 0. The van der Waals surface area contributed by atoms with Gasteiger partial charge in [0, 0.05) is 30.1 Å². The van der Waals surface area contributed by atoms with Crippen LogP contribution in [0.25, 0.3) is 22.3 Å². The predicted octanol–water partition coefficient (Wildman–Crippen LogP) is 8.28. The molecule has 3 N–H and O–H groups in total. The van der Waals surface area contributed by atoms with Crippen molar-refractivity contribution in [2.75, 3.05) is 20.2 Å². The molecule has 4 heterocycles. The standard InChI is InChI=1S/C48H53N7O4/c1-29(2)41(53-46(58)59-5)45(57)55-28-47(19-20-47)24-39(55)42-49-26-38(52-42)35-16-13-32(14-17-35)11-12-33-15-18-36-37(23-33)51-43(50-36)40-25-48(21-22-48)27-54(40)44(56)31(4)30(3)34-9-7-6-8-10-34/h6-10,13-18,23,26,29-31,39-41H,19-22,24-25,27-28H2,1-5H3,(H,49,52)(H,50,51)(H,53,58)/t30?,31-,39+,40+,41+/m1/s1. The zero-order valence-electron chi connectivity index (χ0n) is 34.5. The number of H-pyrrole nitrogens is 2. The first-order valence-corrected chi connectivity index (χ1v) is 21.1. The molecule has 2 aliphatic heterocycles. The van der Waals surface area contributed by atoms with Crippen molar-refractivity contribution in [1.82, 2.24) is 35.1 Å². The Hall–Kier alpha value is -5.89. The van der Waals surface area contributed by atoms with Crippen LogP contribution >= 0.6 is 0 Å². The Morgan fingerprint density at radius 3 is 2.07 bits per heavy atom. The quantitative estimate of drug-likeness (QED) is 0.129. The first-order valence-electron chi connectivity index (χ1n) is 21.1. The number of likely N-dealkylation sites (tertiary alicyclic amines) is 2. The lowest BCUT2D eigenvalue weighted by Crippen LogP contribution is -2.51. The molecule has 2 saturated heterocycles. The normalized spacial score (nSPS) is 21.3. The summed E-state index contributed by atoms with van der Waals surface area (Å²) in [5.41, 5.74) is 6.93. The molecule has 4 aliphatic rings. The molecule has 11 nitrogen and oxygen atoms in total. The minimum atomic E-state index is -0.681. The second kappa shape index (κ2) is 15.0. The summed E-state index contributed by atoms with van der Waals surface area (Å²) < 4.78 is 4.81. The Labute approximate surface area is 345 Å². The number of amides is 3. The van der Waals surface area contributed by atoms with Crippen LogP contribution in [0.1, 0.15) is 113 Å². The number of hydrogen-bond donors (Lipinski definition) is 3. The van der Waals surface area contributed by atoms with Crippen LogP contribution in [0, 0.1) is 34.5 Å². The molecular formula is C48H53N7O4. The molecule has 304 valence electrons. The molecule has 0 bridgehead atoms. The van der Waals surface area contributed by atoms with Gasteiger partial charge < -0.3 is 29.8 Å². The number of nitrogens with zero attached hydrogens (tertiary/aromatic N) is 4. The average molecular weight is 792 g/mol. The largest absolute Gasteiger partial charge is 0.453 e. The number of nitrogens with one attached hydrogen (secondary N) is 3. The fourth-order valence-corrected chi connectivity index (χ4v) is 9.34. The third-order valence-corrected chi connectivity index (χ3v) is 13.6.